The third kappa shape index (κ3) is 3.08. The lowest BCUT2D eigenvalue weighted by Gasteiger charge is -2.38. The van der Waals surface area contributed by atoms with Gasteiger partial charge in [-0.2, -0.15) is 4.31 Å². The maximum absolute atomic E-state index is 12.7. The molecule has 1 aliphatic heterocycles. The average molecular weight is 328 g/mol. The second-order valence-electron chi connectivity index (χ2n) is 5.18. The van der Waals surface area contributed by atoms with E-state index in [1.54, 1.807) is 19.1 Å². The van der Waals surface area contributed by atoms with E-state index in [-0.39, 0.29) is 30.5 Å². The van der Waals surface area contributed by atoms with Crippen molar-refractivity contribution in [2.24, 2.45) is 0 Å². The van der Waals surface area contributed by atoms with Crippen LogP contribution in [0.1, 0.15) is 6.92 Å². The fourth-order valence-corrected chi connectivity index (χ4v) is 3.90. The van der Waals surface area contributed by atoms with Gasteiger partial charge in [0.15, 0.2) is 5.60 Å². The van der Waals surface area contributed by atoms with E-state index >= 15 is 0 Å². The average Bonchev–Trinajstić information content (AvgIpc) is 2.54. The summed E-state index contributed by atoms with van der Waals surface area (Å²) in [4.78, 5) is 12.1. The predicted octanol–water partition coefficient (Wildman–Crippen LogP) is 0.221. The van der Waals surface area contributed by atoms with Crippen LogP contribution in [-0.2, 0) is 19.6 Å². The Morgan fingerprint density at radius 3 is 2.82 bits per heavy atom. The van der Waals surface area contributed by atoms with Gasteiger partial charge in [0.25, 0.3) is 5.91 Å². The van der Waals surface area contributed by atoms with Gasteiger partial charge in [0.1, 0.15) is 5.75 Å². The molecule has 1 N–H and O–H groups in total. The first-order valence-electron chi connectivity index (χ1n) is 6.84. The van der Waals surface area contributed by atoms with Gasteiger partial charge in [0, 0.05) is 19.7 Å². The van der Waals surface area contributed by atoms with Crippen LogP contribution in [-0.4, -0.2) is 58.1 Å². The minimum Gasteiger partial charge on any atom is -0.497 e. The summed E-state index contributed by atoms with van der Waals surface area (Å²) in [5, 5.41) is 2.50. The monoisotopic (exact) mass is 328 g/mol. The van der Waals surface area contributed by atoms with Crippen molar-refractivity contribution in [3.05, 3.63) is 24.3 Å². The number of ether oxygens (including phenoxy) is 2. The molecule has 0 aromatic heterocycles. The van der Waals surface area contributed by atoms with Gasteiger partial charge >= 0.3 is 0 Å². The highest BCUT2D eigenvalue weighted by Crippen LogP contribution is 2.26. The van der Waals surface area contributed by atoms with E-state index in [0.29, 0.717) is 5.75 Å². The summed E-state index contributed by atoms with van der Waals surface area (Å²) >= 11 is 0. The molecule has 22 heavy (non-hydrogen) atoms. The molecule has 1 unspecified atom stereocenters. The molecule has 1 atom stereocenters. The zero-order chi connectivity index (χ0) is 16.4. The zero-order valence-electron chi connectivity index (χ0n) is 12.8. The van der Waals surface area contributed by atoms with Gasteiger partial charge in [-0.1, -0.05) is 6.07 Å². The standard InChI is InChI=1S/C14H20N2O5S/c1-14(13(17)15-2)10-16(7-8-21-14)22(18,19)12-6-4-5-11(9-12)20-3/h4-6,9H,7-8,10H2,1-3H3,(H,15,17). The number of nitrogens with zero attached hydrogens (tertiary/aromatic N) is 1. The molecule has 122 valence electrons. The molecule has 1 aromatic carbocycles. The minimum absolute atomic E-state index is 0.0355. The molecular weight excluding hydrogens is 308 g/mol. The first kappa shape index (κ1) is 16.7. The van der Waals surface area contributed by atoms with Crippen LogP contribution in [0.2, 0.25) is 0 Å². The fraction of sp³-hybridized carbons (Fsp3) is 0.500. The van der Waals surface area contributed by atoms with E-state index in [1.165, 1.54) is 30.6 Å². The fourth-order valence-electron chi connectivity index (χ4n) is 2.35. The molecule has 0 saturated carbocycles. The lowest BCUT2D eigenvalue weighted by atomic mass is 10.0. The van der Waals surface area contributed by atoms with Gasteiger partial charge in [-0.25, -0.2) is 8.42 Å². The van der Waals surface area contributed by atoms with E-state index in [9.17, 15) is 13.2 Å². The van der Waals surface area contributed by atoms with Crippen LogP contribution in [0.15, 0.2) is 29.2 Å². The Hall–Kier alpha value is -1.64. The van der Waals surface area contributed by atoms with Crippen molar-refractivity contribution in [1.82, 2.24) is 9.62 Å². The number of nitrogens with one attached hydrogen (secondary N) is 1. The van der Waals surface area contributed by atoms with Crippen molar-refractivity contribution in [2.45, 2.75) is 17.4 Å². The number of carbonyl (C=O) groups excluding carboxylic acids is 1. The van der Waals surface area contributed by atoms with Crippen LogP contribution in [0.4, 0.5) is 0 Å². The molecule has 1 aliphatic rings. The highest BCUT2D eigenvalue weighted by atomic mass is 32.2. The largest absolute Gasteiger partial charge is 0.497 e. The number of likely N-dealkylation sites (N-methyl/N-ethyl adjacent to an activating group) is 1. The number of methoxy groups -OCH3 is 1. The van der Waals surface area contributed by atoms with Crippen LogP contribution >= 0.6 is 0 Å². The van der Waals surface area contributed by atoms with Gasteiger partial charge in [0.05, 0.1) is 25.2 Å². The van der Waals surface area contributed by atoms with E-state index in [1.807, 2.05) is 0 Å². The third-order valence-corrected chi connectivity index (χ3v) is 5.47. The lowest BCUT2D eigenvalue weighted by Crippen LogP contribution is -2.58. The lowest BCUT2D eigenvalue weighted by molar-refractivity contribution is -0.151. The summed E-state index contributed by atoms with van der Waals surface area (Å²) in [6.45, 7) is 1.91. The Morgan fingerprint density at radius 2 is 2.18 bits per heavy atom. The van der Waals surface area contributed by atoms with Crippen molar-refractivity contribution in [1.29, 1.82) is 0 Å². The topological polar surface area (TPSA) is 84.9 Å². The summed E-state index contributed by atoms with van der Waals surface area (Å²) in [7, 11) is -0.746. The summed E-state index contributed by atoms with van der Waals surface area (Å²) in [5.74, 6) is 0.112. The Bertz CT molecular complexity index is 661. The Balaban J connectivity index is 2.31. The van der Waals surface area contributed by atoms with Crippen molar-refractivity contribution in [2.75, 3.05) is 33.9 Å². The molecule has 2 rings (SSSR count). The maximum atomic E-state index is 12.7. The molecule has 0 spiro atoms. The van der Waals surface area contributed by atoms with Crippen molar-refractivity contribution in [3.8, 4) is 5.75 Å². The van der Waals surface area contributed by atoms with Crippen LogP contribution in [0.5, 0.6) is 5.75 Å². The van der Waals surface area contributed by atoms with Crippen molar-refractivity contribution < 1.29 is 22.7 Å². The smallest absolute Gasteiger partial charge is 0.253 e. The first-order chi connectivity index (χ1) is 10.3. The van der Waals surface area contributed by atoms with Crippen molar-refractivity contribution >= 4 is 15.9 Å². The van der Waals surface area contributed by atoms with Crippen LogP contribution < -0.4 is 10.1 Å². The van der Waals surface area contributed by atoms with E-state index in [4.69, 9.17) is 9.47 Å². The van der Waals surface area contributed by atoms with Crippen LogP contribution in [0.25, 0.3) is 0 Å². The van der Waals surface area contributed by atoms with Gasteiger partial charge < -0.3 is 14.8 Å². The second kappa shape index (κ2) is 6.23. The predicted molar refractivity (Wildman–Crippen MR) is 80.2 cm³/mol. The van der Waals surface area contributed by atoms with Crippen LogP contribution in [0.3, 0.4) is 0 Å². The molecule has 1 saturated heterocycles. The molecule has 7 nitrogen and oxygen atoms in total. The van der Waals surface area contributed by atoms with Gasteiger partial charge in [-0.05, 0) is 19.1 Å². The summed E-state index contributed by atoms with van der Waals surface area (Å²) < 4.78 is 37.3. The molecule has 8 heteroatoms. The summed E-state index contributed by atoms with van der Waals surface area (Å²) in [6, 6.07) is 6.25. The Morgan fingerprint density at radius 1 is 1.45 bits per heavy atom. The molecule has 0 radical (unpaired) electrons. The molecule has 0 aliphatic carbocycles. The first-order valence-corrected chi connectivity index (χ1v) is 8.28. The number of amides is 1. The van der Waals surface area contributed by atoms with E-state index < -0.39 is 15.6 Å². The Labute approximate surface area is 130 Å². The molecule has 1 aromatic rings. The Kier molecular flexibility index (Phi) is 4.74. The number of carbonyl (C=O) groups is 1. The maximum Gasteiger partial charge on any atom is 0.253 e. The summed E-state index contributed by atoms with van der Waals surface area (Å²) in [6.07, 6.45) is 0. The van der Waals surface area contributed by atoms with Gasteiger partial charge in [0.2, 0.25) is 10.0 Å². The van der Waals surface area contributed by atoms with Gasteiger partial charge in [-0.3, -0.25) is 4.79 Å². The third-order valence-electron chi connectivity index (χ3n) is 3.63. The number of sulfonamides is 1. The molecule has 0 bridgehead atoms. The minimum atomic E-state index is -3.71. The number of hydrogen-bond acceptors (Lipinski definition) is 5. The molecule has 1 amide bonds. The highest BCUT2D eigenvalue weighted by Gasteiger charge is 2.42. The highest BCUT2D eigenvalue weighted by molar-refractivity contribution is 7.89. The quantitative estimate of drug-likeness (QED) is 0.855. The van der Waals surface area contributed by atoms with Gasteiger partial charge in [-0.15, -0.1) is 0 Å². The molecule has 1 heterocycles. The number of morpholine rings is 1. The summed E-state index contributed by atoms with van der Waals surface area (Å²) in [5.41, 5.74) is -1.20. The number of benzene rings is 1. The van der Waals surface area contributed by atoms with E-state index in [0.717, 1.165) is 0 Å². The van der Waals surface area contributed by atoms with Crippen LogP contribution in [0, 0.1) is 0 Å². The SMILES string of the molecule is CNC(=O)C1(C)CN(S(=O)(=O)c2cccc(OC)c2)CCO1. The number of rotatable bonds is 4. The van der Waals surface area contributed by atoms with E-state index in [2.05, 4.69) is 5.32 Å². The molecule has 1 fully saturated rings. The normalized spacial score (nSPS) is 23.0. The van der Waals surface area contributed by atoms with Crippen molar-refractivity contribution in [3.63, 3.8) is 0 Å². The zero-order valence-corrected chi connectivity index (χ0v) is 13.6. The number of hydrogen-bond donors (Lipinski definition) is 1. The second-order valence-corrected chi connectivity index (χ2v) is 7.11. The molecular formula is C14H20N2O5S.